The van der Waals surface area contributed by atoms with E-state index in [0.717, 1.165) is 28.2 Å². The highest BCUT2D eigenvalue weighted by Gasteiger charge is 2.29. The van der Waals surface area contributed by atoms with E-state index < -0.39 is 17.5 Å². The summed E-state index contributed by atoms with van der Waals surface area (Å²) in [6.45, 7) is 6.62. The summed E-state index contributed by atoms with van der Waals surface area (Å²) in [6, 6.07) is 9.45. The van der Waals surface area contributed by atoms with Crippen LogP contribution in [0.1, 0.15) is 37.6 Å². The molecule has 186 valence electrons. The average Bonchev–Trinajstić information content (AvgIpc) is 3.25. The van der Waals surface area contributed by atoms with Gasteiger partial charge in [-0.3, -0.25) is 4.98 Å². The van der Waals surface area contributed by atoms with Gasteiger partial charge in [0, 0.05) is 47.4 Å². The molecule has 4 aromatic rings. The van der Waals surface area contributed by atoms with Crippen LogP contribution in [-0.4, -0.2) is 49.7 Å². The largest absolute Gasteiger partial charge is 0.477 e. The second-order valence-corrected chi connectivity index (χ2v) is 9.78. The van der Waals surface area contributed by atoms with E-state index in [1.807, 2.05) is 45.2 Å². The number of amides is 1. The molecule has 0 bridgehead atoms. The molecule has 4 heterocycles. The number of benzene rings is 1. The Kier molecular flexibility index (Phi) is 6.30. The molecule has 5 rings (SSSR count). The number of aromatic amines is 1. The van der Waals surface area contributed by atoms with Crippen molar-refractivity contribution in [2.24, 2.45) is 0 Å². The van der Waals surface area contributed by atoms with Crippen molar-refractivity contribution in [1.29, 1.82) is 0 Å². The van der Waals surface area contributed by atoms with Crippen LogP contribution in [-0.2, 0) is 24.1 Å². The summed E-state index contributed by atoms with van der Waals surface area (Å²) in [5.41, 5.74) is 3.58. The number of carbonyl (C=O) groups excluding carboxylic acids is 1. The number of para-hydroxylation sites is 1. The number of rotatable bonds is 5. The quantitative estimate of drug-likeness (QED) is 0.421. The van der Waals surface area contributed by atoms with E-state index in [0.29, 0.717) is 49.0 Å². The lowest BCUT2D eigenvalue weighted by Gasteiger charge is -2.31. The minimum Gasteiger partial charge on any atom is -0.477 e. The molecule has 36 heavy (non-hydrogen) atoms. The van der Waals surface area contributed by atoms with Crippen LogP contribution in [0.4, 0.5) is 9.18 Å². The van der Waals surface area contributed by atoms with E-state index in [1.54, 1.807) is 4.90 Å². The minimum atomic E-state index is -0.599. The van der Waals surface area contributed by atoms with Gasteiger partial charge in [0.05, 0.1) is 25.0 Å². The van der Waals surface area contributed by atoms with Crippen molar-refractivity contribution in [3.63, 3.8) is 0 Å². The number of pyridine rings is 1. The summed E-state index contributed by atoms with van der Waals surface area (Å²) in [6.07, 6.45) is 5.44. The van der Waals surface area contributed by atoms with Gasteiger partial charge in [0.25, 0.3) is 0 Å². The molecule has 0 aliphatic carbocycles. The Labute approximate surface area is 208 Å². The van der Waals surface area contributed by atoms with Gasteiger partial charge in [-0.15, -0.1) is 0 Å². The van der Waals surface area contributed by atoms with Gasteiger partial charge < -0.3 is 19.4 Å². The number of hydrogen-bond donors (Lipinski definition) is 1. The lowest BCUT2D eigenvalue weighted by molar-refractivity contribution is 0.0219. The summed E-state index contributed by atoms with van der Waals surface area (Å²) in [4.78, 5) is 30.8. The predicted molar refractivity (Wildman–Crippen MR) is 133 cm³/mol. The third-order valence-corrected chi connectivity index (χ3v) is 5.93. The van der Waals surface area contributed by atoms with Crippen LogP contribution < -0.4 is 4.74 Å². The van der Waals surface area contributed by atoms with Crippen molar-refractivity contribution >= 4 is 17.0 Å². The Morgan fingerprint density at radius 2 is 2.03 bits per heavy atom. The highest BCUT2D eigenvalue weighted by molar-refractivity contribution is 5.83. The third-order valence-electron chi connectivity index (χ3n) is 5.93. The molecule has 1 N–H and O–H groups in total. The van der Waals surface area contributed by atoms with Crippen molar-refractivity contribution in [3.05, 3.63) is 71.6 Å². The normalized spacial score (nSPS) is 13.5. The smallest absolute Gasteiger partial charge is 0.410 e. The number of fused-ring (bicyclic) bond motifs is 2. The van der Waals surface area contributed by atoms with Gasteiger partial charge in [-0.25, -0.2) is 14.2 Å². The van der Waals surface area contributed by atoms with Gasteiger partial charge in [-0.2, -0.15) is 4.98 Å². The Morgan fingerprint density at radius 1 is 1.19 bits per heavy atom. The van der Waals surface area contributed by atoms with Crippen molar-refractivity contribution in [3.8, 4) is 17.3 Å². The molecule has 0 radical (unpaired) electrons. The molecular weight excluding hydrogens is 461 g/mol. The molecule has 0 spiro atoms. The molecule has 8 nitrogen and oxygen atoms in total. The molecule has 1 aliphatic rings. The number of aromatic nitrogens is 4. The Hall–Kier alpha value is -4.01. The fraction of sp³-hybridized carbons (Fsp3) is 0.333. The van der Waals surface area contributed by atoms with E-state index in [4.69, 9.17) is 9.47 Å². The van der Waals surface area contributed by atoms with Gasteiger partial charge in [-0.1, -0.05) is 18.2 Å². The second-order valence-electron chi connectivity index (χ2n) is 9.78. The lowest BCUT2D eigenvalue weighted by atomic mass is 10.1. The molecule has 0 saturated carbocycles. The molecule has 9 heteroatoms. The van der Waals surface area contributed by atoms with Crippen molar-refractivity contribution < 1.29 is 18.7 Å². The van der Waals surface area contributed by atoms with Gasteiger partial charge in [0.2, 0.25) is 5.88 Å². The fourth-order valence-corrected chi connectivity index (χ4v) is 4.26. The molecule has 0 saturated heterocycles. The minimum absolute atomic E-state index is 0.251. The van der Waals surface area contributed by atoms with Crippen LogP contribution in [0.25, 0.3) is 22.3 Å². The number of halogens is 1. The van der Waals surface area contributed by atoms with Crippen molar-refractivity contribution in [2.45, 2.75) is 45.8 Å². The topological polar surface area (TPSA) is 93.2 Å². The number of nitrogens with one attached hydrogen (secondary N) is 1. The van der Waals surface area contributed by atoms with E-state index >= 15 is 0 Å². The molecule has 1 amide bonds. The van der Waals surface area contributed by atoms with Crippen molar-refractivity contribution in [1.82, 2.24) is 24.8 Å². The van der Waals surface area contributed by atoms with Gasteiger partial charge in [-0.05, 0) is 44.9 Å². The summed E-state index contributed by atoms with van der Waals surface area (Å²) < 4.78 is 25.6. The SMILES string of the molecule is CC(C)(C)OC(=O)N1CCc2c(nc(-c3cncc(F)c3)nc2OCCc2c[nH]c3ccccc23)C1. The fourth-order valence-electron chi connectivity index (χ4n) is 4.26. The van der Waals surface area contributed by atoms with Crippen LogP contribution in [0.3, 0.4) is 0 Å². The third kappa shape index (κ3) is 5.15. The molecule has 1 aliphatic heterocycles. The second kappa shape index (κ2) is 9.56. The molecule has 0 fully saturated rings. The molecule has 1 aromatic carbocycles. The highest BCUT2D eigenvalue weighted by atomic mass is 19.1. The van der Waals surface area contributed by atoms with Gasteiger partial charge >= 0.3 is 6.09 Å². The summed E-state index contributed by atoms with van der Waals surface area (Å²) >= 11 is 0. The van der Waals surface area contributed by atoms with Crippen LogP contribution >= 0.6 is 0 Å². The number of carbonyl (C=O) groups is 1. The van der Waals surface area contributed by atoms with Crippen LogP contribution in [0.2, 0.25) is 0 Å². The molecule has 3 aromatic heterocycles. The van der Waals surface area contributed by atoms with E-state index in [-0.39, 0.29) is 6.54 Å². The first-order chi connectivity index (χ1) is 17.3. The average molecular weight is 490 g/mol. The van der Waals surface area contributed by atoms with Crippen LogP contribution in [0.15, 0.2) is 48.9 Å². The number of nitrogens with zero attached hydrogens (tertiary/aromatic N) is 4. The van der Waals surface area contributed by atoms with E-state index in [9.17, 15) is 9.18 Å². The standard InChI is InChI=1S/C27H28FN5O3/c1-27(2,3)36-26(34)33-10-8-21-23(16-33)31-24(18-12-19(28)15-29-13-18)32-25(21)35-11-9-17-14-30-22-7-5-4-6-20(17)22/h4-7,12-15,30H,8-11,16H2,1-3H3. The number of ether oxygens (including phenoxy) is 2. The van der Waals surface area contributed by atoms with Crippen LogP contribution in [0.5, 0.6) is 5.88 Å². The zero-order valence-corrected chi connectivity index (χ0v) is 20.5. The monoisotopic (exact) mass is 489 g/mol. The van der Waals surface area contributed by atoms with E-state index in [2.05, 4.69) is 26.0 Å². The maximum Gasteiger partial charge on any atom is 0.410 e. The van der Waals surface area contributed by atoms with Gasteiger partial charge in [0.1, 0.15) is 11.4 Å². The highest BCUT2D eigenvalue weighted by Crippen LogP contribution is 2.30. The Morgan fingerprint density at radius 3 is 2.83 bits per heavy atom. The zero-order chi connectivity index (χ0) is 25.3. The molecule has 0 unspecified atom stereocenters. The first-order valence-electron chi connectivity index (χ1n) is 11.9. The molecule has 0 atom stereocenters. The Bertz CT molecular complexity index is 1410. The first kappa shape index (κ1) is 23.7. The first-order valence-corrected chi connectivity index (χ1v) is 11.9. The zero-order valence-electron chi connectivity index (χ0n) is 20.5. The van der Waals surface area contributed by atoms with Crippen LogP contribution in [0, 0.1) is 5.82 Å². The maximum absolute atomic E-state index is 13.9. The van der Waals surface area contributed by atoms with E-state index in [1.165, 1.54) is 12.3 Å². The number of hydrogen-bond acceptors (Lipinski definition) is 6. The summed E-state index contributed by atoms with van der Waals surface area (Å²) in [7, 11) is 0. The maximum atomic E-state index is 13.9. The summed E-state index contributed by atoms with van der Waals surface area (Å²) in [5.74, 6) is 0.267. The lowest BCUT2D eigenvalue weighted by Crippen LogP contribution is -2.40. The Balaban J connectivity index is 1.42. The van der Waals surface area contributed by atoms with Gasteiger partial charge in [0.15, 0.2) is 5.82 Å². The number of H-pyrrole nitrogens is 1. The summed E-state index contributed by atoms with van der Waals surface area (Å²) in [5, 5.41) is 1.16. The molecular formula is C27H28FN5O3. The van der Waals surface area contributed by atoms with Crippen molar-refractivity contribution in [2.75, 3.05) is 13.2 Å². The predicted octanol–water partition coefficient (Wildman–Crippen LogP) is 5.07.